The van der Waals surface area contributed by atoms with Crippen LogP contribution >= 0.6 is 0 Å². The van der Waals surface area contributed by atoms with E-state index in [0.29, 0.717) is 11.5 Å². The maximum atomic E-state index is 13.1. The van der Waals surface area contributed by atoms with Gasteiger partial charge in [-0.15, -0.1) is 0 Å². The summed E-state index contributed by atoms with van der Waals surface area (Å²) in [5, 5.41) is 4.73. The normalized spacial score (nSPS) is 15.4. The molecule has 1 aliphatic rings. The van der Waals surface area contributed by atoms with Crippen molar-refractivity contribution in [3.8, 4) is 11.5 Å². The van der Waals surface area contributed by atoms with Crippen molar-refractivity contribution in [2.45, 2.75) is 6.42 Å². The van der Waals surface area contributed by atoms with E-state index in [9.17, 15) is 14.4 Å². The minimum absolute atomic E-state index is 0.0654. The second-order valence-electron chi connectivity index (χ2n) is 7.64. The lowest BCUT2D eigenvalue weighted by Crippen LogP contribution is -2.28. The van der Waals surface area contributed by atoms with Gasteiger partial charge < -0.3 is 24.4 Å². The lowest BCUT2D eigenvalue weighted by Gasteiger charge is -2.19. The summed E-state index contributed by atoms with van der Waals surface area (Å²) in [5.74, 6) is -1.05. The number of esters is 1. The molecule has 0 radical (unpaired) electrons. The summed E-state index contributed by atoms with van der Waals surface area (Å²) in [5.41, 5.74) is 1.12. The van der Waals surface area contributed by atoms with Crippen LogP contribution in [0.15, 0.2) is 54.6 Å². The largest absolute Gasteiger partial charge is 0.493 e. The molecule has 1 fully saturated rings. The van der Waals surface area contributed by atoms with Crippen LogP contribution in [0.25, 0.3) is 10.8 Å². The van der Waals surface area contributed by atoms with Gasteiger partial charge in [-0.05, 0) is 11.5 Å². The van der Waals surface area contributed by atoms with E-state index in [0.717, 1.165) is 16.5 Å². The lowest BCUT2D eigenvalue weighted by atomic mass is 10.1. The first-order valence-electron chi connectivity index (χ1n) is 10.4. The van der Waals surface area contributed by atoms with Crippen molar-refractivity contribution in [1.29, 1.82) is 0 Å². The highest BCUT2D eigenvalue weighted by Crippen LogP contribution is 2.35. The molecule has 4 rings (SSSR count). The molecule has 1 N–H and O–H groups in total. The molecule has 0 bridgehead atoms. The third kappa shape index (κ3) is 4.19. The quantitative estimate of drug-likeness (QED) is 0.579. The highest BCUT2D eigenvalue weighted by Gasteiger charge is 2.36. The number of hydrogen-bond acceptors (Lipinski definition) is 6. The summed E-state index contributed by atoms with van der Waals surface area (Å²) < 4.78 is 15.4. The topological polar surface area (TPSA) is 94.2 Å². The second kappa shape index (κ2) is 9.20. The molecule has 3 aromatic rings. The Bertz CT molecular complexity index is 1230. The van der Waals surface area contributed by atoms with Gasteiger partial charge in [-0.25, -0.2) is 4.79 Å². The molecular formula is C25H24N2O6. The number of ether oxygens (including phenoxy) is 3. The number of methoxy groups -OCH3 is 3. The predicted molar refractivity (Wildman–Crippen MR) is 124 cm³/mol. The molecular weight excluding hydrogens is 424 g/mol. The fraction of sp³-hybridized carbons (Fsp3) is 0.240. The van der Waals surface area contributed by atoms with E-state index >= 15 is 0 Å². The monoisotopic (exact) mass is 448 g/mol. The number of nitrogens with one attached hydrogen (secondary N) is 1. The molecule has 1 saturated heterocycles. The van der Waals surface area contributed by atoms with E-state index in [1.165, 1.54) is 33.5 Å². The maximum absolute atomic E-state index is 13.1. The van der Waals surface area contributed by atoms with E-state index in [4.69, 9.17) is 14.2 Å². The Hall–Kier alpha value is -4.07. The van der Waals surface area contributed by atoms with Gasteiger partial charge in [-0.2, -0.15) is 0 Å². The Labute approximate surface area is 191 Å². The first kappa shape index (κ1) is 22.1. The number of rotatable bonds is 6. The molecule has 170 valence electrons. The van der Waals surface area contributed by atoms with Gasteiger partial charge in [-0.3, -0.25) is 9.59 Å². The molecule has 1 heterocycles. The number of fused-ring (bicyclic) bond motifs is 1. The van der Waals surface area contributed by atoms with Gasteiger partial charge in [0, 0.05) is 30.5 Å². The third-order valence-electron chi connectivity index (χ3n) is 5.74. The Kier molecular flexibility index (Phi) is 6.17. The number of anilines is 2. The Balaban J connectivity index is 1.60. The summed E-state index contributed by atoms with van der Waals surface area (Å²) >= 11 is 0. The zero-order valence-corrected chi connectivity index (χ0v) is 18.6. The van der Waals surface area contributed by atoms with Gasteiger partial charge in [0.05, 0.1) is 44.2 Å². The summed E-state index contributed by atoms with van der Waals surface area (Å²) in [6, 6.07) is 16.5. The highest BCUT2D eigenvalue weighted by atomic mass is 16.5. The molecule has 3 aromatic carbocycles. The standard InChI is InChI=1S/C25H24N2O6/c1-31-21-12-18(25(30)33-3)19(13-22(21)32-2)26-24(29)16-11-23(28)27(14-16)20-10-6-8-15-7-4-5-9-17(15)20/h4-10,12-13,16H,11,14H2,1-3H3,(H,26,29). The SMILES string of the molecule is COC(=O)c1cc(OC)c(OC)cc1NC(=O)C1CC(=O)N(c2cccc3ccccc23)C1. The molecule has 1 unspecified atom stereocenters. The predicted octanol–water partition coefficient (Wildman–Crippen LogP) is 3.64. The molecule has 2 amide bonds. The van der Waals surface area contributed by atoms with Gasteiger partial charge in [0.25, 0.3) is 0 Å². The van der Waals surface area contributed by atoms with E-state index < -0.39 is 11.9 Å². The van der Waals surface area contributed by atoms with E-state index in [-0.39, 0.29) is 36.0 Å². The number of hydrogen-bond donors (Lipinski definition) is 1. The smallest absolute Gasteiger partial charge is 0.340 e. The van der Waals surface area contributed by atoms with E-state index in [1.54, 1.807) is 4.90 Å². The van der Waals surface area contributed by atoms with Crippen LogP contribution in [0.4, 0.5) is 11.4 Å². The fourth-order valence-electron chi connectivity index (χ4n) is 4.06. The van der Waals surface area contributed by atoms with Gasteiger partial charge >= 0.3 is 5.97 Å². The summed E-state index contributed by atoms with van der Waals surface area (Å²) in [6.07, 6.45) is 0.0654. The maximum Gasteiger partial charge on any atom is 0.340 e. The van der Waals surface area contributed by atoms with Crippen molar-refractivity contribution in [2.75, 3.05) is 38.1 Å². The molecule has 8 nitrogen and oxygen atoms in total. The summed E-state index contributed by atoms with van der Waals surface area (Å²) in [6.45, 7) is 0.236. The van der Waals surface area contributed by atoms with Crippen LogP contribution in [0.1, 0.15) is 16.8 Å². The average Bonchev–Trinajstić information content (AvgIpc) is 3.24. The molecule has 0 aromatic heterocycles. The van der Waals surface area contributed by atoms with Crippen LogP contribution in [-0.4, -0.2) is 45.7 Å². The van der Waals surface area contributed by atoms with Crippen molar-refractivity contribution >= 4 is 39.9 Å². The Morgan fingerprint density at radius 3 is 2.39 bits per heavy atom. The van der Waals surface area contributed by atoms with Crippen molar-refractivity contribution in [3.05, 3.63) is 60.2 Å². The first-order valence-corrected chi connectivity index (χ1v) is 10.4. The summed E-state index contributed by atoms with van der Waals surface area (Å²) in [4.78, 5) is 39.9. The summed E-state index contributed by atoms with van der Waals surface area (Å²) in [7, 11) is 4.16. The number of amides is 2. The van der Waals surface area contributed by atoms with Crippen LogP contribution in [0.3, 0.4) is 0 Å². The van der Waals surface area contributed by atoms with Crippen molar-refractivity contribution in [1.82, 2.24) is 0 Å². The minimum Gasteiger partial charge on any atom is -0.493 e. The van der Waals surface area contributed by atoms with E-state index in [1.807, 2.05) is 42.5 Å². The van der Waals surface area contributed by atoms with Crippen molar-refractivity contribution < 1.29 is 28.6 Å². The molecule has 1 aliphatic heterocycles. The molecule has 0 saturated carbocycles. The average molecular weight is 448 g/mol. The second-order valence-corrected chi connectivity index (χ2v) is 7.64. The van der Waals surface area contributed by atoms with Gasteiger partial charge in [0.15, 0.2) is 11.5 Å². The van der Waals surface area contributed by atoms with Gasteiger partial charge in [-0.1, -0.05) is 36.4 Å². The number of nitrogens with zero attached hydrogens (tertiary/aromatic N) is 1. The minimum atomic E-state index is -0.633. The van der Waals surface area contributed by atoms with Crippen LogP contribution in [0.5, 0.6) is 11.5 Å². The number of carbonyl (C=O) groups excluding carboxylic acids is 3. The molecule has 1 atom stereocenters. The van der Waals surface area contributed by atoms with Gasteiger partial charge in [0.2, 0.25) is 11.8 Å². The van der Waals surface area contributed by atoms with Crippen LogP contribution in [0, 0.1) is 5.92 Å². The number of carbonyl (C=O) groups is 3. The van der Waals surface area contributed by atoms with Gasteiger partial charge in [0.1, 0.15) is 0 Å². The number of benzene rings is 3. The third-order valence-corrected chi connectivity index (χ3v) is 5.74. The van der Waals surface area contributed by atoms with Crippen molar-refractivity contribution in [3.63, 3.8) is 0 Å². The molecule has 33 heavy (non-hydrogen) atoms. The first-order chi connectivity index (χ1) is 16.0. The Morgan fingerprint density at radius 2 is 1.67 bits per heavy atom. The van der Waals surface area contributed by atoms with Crippen LogP contribution in [-0.2, 0) is 14.3 Å². The molecule has 0 aliphatic carbocycles. The fourth-order valence-corrected chi connectivity index (χ4v) is 4.06. The van der Waals surface area contributed by atoms with Crippen LogP contribution in [0.2, 0.25) is 0 Å². The van der Waals surface area contributed by atoms with Crippen LogP contribution < -0.4 is 19.7 Å². The zero-order chi connectivity index (χ0) is 23.5. The highest BCUT2D eigenvalue weighted by molar-refractivity contribution is 6.09. The van der Waals surface area contributed by atoms with Crippen molar-refractivity contribution in [2.24, 2.45) is 5.92 Å². The molecule has 0 spiro atoms. The van der Waals surface area contributed by atoms with E-state index in [2.05, 4.69) is 5.32 Å². The lowest BCUT2D eigenvalue weighted by molar-refractivity contribution is -0.122. The molecule has 8 heteroatoms. The zero-order valence-electron chi connectivity index (χ0n) is 18.6. The Morgan fingerprint density at radius 1 is 0.970 bits per heavy atom.